The number of aromatic carboxylic acids is 1. The Morgan fingerprint density at radius 3 is 2.65 bits per heavy atom. The van der Waals surface area contributed by atoms with Crippen LogP contribution < -0.4 is 5.32 Å². The maximum Gasteiger partial charge on any atom is 0.337 e. The van der Waals surface area contributed by atoms with E-state index in [2.05, 4.69) is 5.32 Å². The third kappa shape index (κ3) is 3.36. The number of para-hydroxylation sites is 1. The zero-order valence-corrected chi connectivity index (χ0v) is 11.7. The van der Waals surface area contributed by atoms with Crippen molar-refractivity contribution < 1.29 is 14.7 Å². The number of amides is 2. The number of carboxylic acid groups (broad SMARTS) is 1. The van der Waals surface area contributed by atoms with Crippen molar-refractivity contribution in [1.29, 1.82) is 0 Å². The lowest BCUT2D eigenvalue weighted by atomic mass is 10.2. The largest absolute Gasteiger partial charge is 0.478 e. The molecular weight excluding hydrogens is 276 g/mol. The molecule has 0 unspecified atom stereocenters. The minimum Gasteiger partial charge on any atom is -0.478 e. The first-order chi connectivity index (χ1) is 9.58. The van der Waals surface area contributed by atoms with Gasteiger partial charge < -0.3 is 15.3 Å². The van der Waals surface area contributed by atoms with E-state index in [9.17, 15) is 9.59 Å². The lowest BCUT2D eigenvalue weighted by Gasteiger charge is -2.18. The van der Waals surface area contributed by atoms with Gasteiger partial charge in [0.1, 0.15) is 0 Å². The van der Waals surface area contributed by atoms with Crippen molar-refractivity contribution in [3.05, 3.63) is 52.2 Å². The van der Waals surface area contributed by atoms with Gasteiger partial charge in [0.25, 0.3) is 0 Å². The maximum absolute atomic E-state index is 12.0. The highest BCUT2D eigenvalue weighted by atomic mass is 32.1. The molecule has 0 fully saturated rings. The van der Waals surface area contributed by atoms with E-state index in [0.717, 1.165) is 4.88 Å². The number of hydrogen-bond acceptors (Lipinski definition) is 3. The first-order valence-corrected chi connectivity index (χ1v) is 6.82. The van der Waals surface area contributed by atoms with Crippen LogP contribution in [-0.4, -0.2) is 29.1 Å². The van der Waals surface area contributed by atoms with Crippen LogP contribution in [-0.2, 0) is 6.54 Å². The van der Waals surface area contributed by atoms with Crippen molar-refractivity contribution in [2.45, 2.75) is 6.54 Å². The standard InChI is InChI=1S/C14H14N2O3S/c1-16(9-10-5-4-8-20-10)14(19)15-12-7-3-2-6-11(12)13(17)18/h2-8H,9H2,1H3,(H,15,19)(H,17,18). The number of nitrogens with one attached hydrogen (secondary N) is 1. The van der Waals surface area contributed by atoms with Crippen LogP contribution in [0.15, 0.2) is 41.8 Å². The molecule has 0 bridgehead atoms. The van der Waals surface area contributed by atoms with Gasteiger partial charge in [0.15, 0.2) is 0 Å². The summed E-state index contributed by atoms with van der Waals surface area (Å²) in [4.78, 5) is 25.7. The van der Waals surface area contributed by atoms with Crippen molar-refractivity contribution in [3.8, 4) is 0 Å². The summed E-state index contributed by atoms with van der Waals surface area (Å²) < 4.78 is 0. The second-order valence-electron chi connectivity index (χ2n) is 4.22. The Morgan fingerprint density at radius 1 is 1.25 bits per heavy atom. The minimum atomic E-state index is -1.07. The number of nitrogens with zero attached hydrogens (tertiary/aromatic N) is 1. The molecule has 2 aromatic rings. The van der Waals surface area contributed by atoms with E-state index in [-0.39, 0.29) is 11.6 Å². The van der Waals surface area contributed by atoms with Gasteiger partial charge in [-0.3, -0.25) is 0 Å². The smallest absolute Gasteiger partial charge is 0.337 e. The molecule has 0 aliphatic heterocycles. The van der Waals surface area contributed by atoms with E-state index in [1.165, 1.54) is 11.0 Å². The van der Waals surface area contributed by atoms with Crippen molar-refractivity contribution in [2.24, 2.45) is 0 Å². The van der Waals surface area contributed by atoms with Gasteiger partial charge in [-0.2, -0.15) is 0 Å². The summed E-state index contributed by atoms with van der Waals surface area (Å²) >= 11 is 1.57. The summed E-state index contributed by atoms with van der Waals surface area (Å²) in [6, 6.07) is 9.85. The van der Waals surface area contributed by atoms with Gasteiger partial charge in [0.05, 0.1) is 17.8 Å². The average molecular weight is 290 g/mol. The Morgan fingerprint density at radius 2 is 2.00 bits per heavy atom. The van der Waals surface area contributed by atoms with E-state index in [0.29, 0.717) is 12.2 Å². The lowest BCUT2D eigenvalue weighted by molar-refractivity contribution is 0.0698. The number of anilines is 1. The molecule has 0 saturated carbocycles. The molecule has 0 saturated heterocycles. The molecule has 1 aromatic carbocycles. The monoisotopic (exact) mass is 290 g/mol. The van der Waals surface area contributed by atoms with Crippen molar-refractivity contribution in [2.75, 3.05) is 12.4 Å². The van der Waals surface area contributed by atoms with Crippen LogP contribution in [0.5, 0.6) is 0 Å². The Kier molecular flexibility index (Phi) is 4.37. The first kappa shape index (κ1) is 14.1. The van der Waals surface area contributed by atoms with Gasteiger partial charge in [0, 0.05) is 11.9 Å². The summed E-state index contributed by atoms with van der Waals surface area (Å²) in [5.41, 5.74) is 0.369. The Balaban J connectivity index is 2.06. The summed E-state index contributed by atoms with van der Waals surface area (Å²) in [5, 5.41) is 13.6. The Labute approximate surface area is 120 Å². The number of carbonyl (C=O) groups excluding carboxylic acids is 1. The molecular formula is C14H14N2O3S. The van der Waals surface area contributed by atoms with Crippen LogP contribution in [0.25, 0.3) is 0 Å². The van der Waals surface area contributed by atoms with E-state index in [1.54, 1.807) is 36.6 Å². The molecule has 0 spiro atoms. The molecule has 5 nitrogen and oxygen atoms in total. The molecule has 6 heteroatoms. The molecule has 0 aliphatic carbocycles. The number of carboxylic acids is 1. The fraction of sp³-hybridized carbons (Fsp3) is 0.143. The van der Waals surface area contributed by atoms with Gasteiger partial charge in [-0.25, -0.2) is 9.59 Å². The summed E-state index contributed by atoms with van der Waals surface area (Å²) in [7, 11) is 1.67. The highest BCUT2D eigenvalue weighted by molar-refractivity contribution is 7.09. The number of urea groups is 1. The van der Waals surface area contributed by atoms with Crippen LogP contribution in [0.3, 0.4) is 0 Å². The topological polar surface area (TPSA) is 69.6 Å². The van der Waals surface area contributed by atoms with Gasteiger partial charge in [-0.1, -0.05) is 18.2 Å². The van der Waals surface area contributed by atoms with Gasteiger partial charge >= 0.3 is 12.0 Å². The molecule has 0 aliphatic rings. The second kappa shape index (κ2) is 6.21. The molecule has 2 N–H and O–H groups in total. The SMILES string of the molecule is CN(Cc1cccs1)C(=O)Nc1ccccc1C(=O)O. The normalized spacial score (nSPS) is 10.1. The van der Waals surface area contributed by atoms with E-state index in [4.69, 9.17) is 5.11 Å². The number of rotatable bonds is 4. The quantitative estimate of drug-likeness (QED) is 0.909. The van der Waals surface area contributed by atoms with Crippen molar-refractivity contribution in [3.63, 3.8) is 0 Å². The van der Waals surface area contributed by atoms with Gasteiger partial charge in [-0.05, 0) is 23.6 Å². The van der Waals surface area contributed by atoms with Gasteiger partial charge in [-0.15, -0.1) is 11.3 Å². The fourth-order valence-corrected chi connectivity index (χ4v) is 2.45. The predicted molar refractivity (Wildman–Crippen MR) is 78.2 cm³/mol. The molecule has 0 atom stereocenters. The minimum absolute atomic E-state index is 0.0744. The van der Waals surface area contributed by atoms with Crippen molar-refractivity contribution in [1.82, 2.24) is 4.90 Å². The fourth-order valence-electron chi connectivity index (χ4n) is 1.70. The highest BCUT2D eigenvalue weighted by Crippen LogP contribution is 2.16. The second-order valence-corrected chi connectivity index (χ2v) is 5.25. The van der Waals surface area contributed by atoms with Gasteiger partial charge in [0.2, 0.25) is 0 Å². The highest BCUT2D eigenvalue weighted by Gasteiger charge is 2.14. The third-order valence-corrected chi connectivity index (χ3v) is 3.58. The number of thiophene rings is 1. The molecule has 1 aromatic heterocycles. The Hall–Kier alpha value is -2.34. The molecule has 2 rings (SSSR count). The van der Waals surface area contributed by atoms with E-state index in [1.807, 2.05) is 17.5 Å². The maximum atomic E-state index is 12.0. The zero-order chi connectivity index (χ0) is 14.5. The molecule has 0 radical (unpaired) electrons. The molecule has 104 valence electrons. The lowest BCUT2D eigenvalue weighted by Crippen LogP contribution is -2.31. The van der Waals surface area contributed by atoms with Crippen LogP contribution in [0.2, 0.25) is 0 Å². The summed E-state index contributed by atoms with van der Waals surface area (Å²) in [6.45, 7) is 0.485. The van der Waals surface area contributed by atoms with Crippen LogP contribution in [0.4, 0.5) is 10.5 Å². The third-order valence-electron chi connectivity index (χ3n) is 2.72. The van der Waals surface area contributed by atoms with E-state index < -0.39 is 5.97 Å². The molecule has 20 heavy (non-hydrogen) atoms. The summed E-state index contributed by atoms with van der Waals surface area (Å²) in [5.74, 6) is -1.07. The van der Waals surface area contributed by atoms with Crippen molar-refractivity contribution >= 4 is 29.0 Å². The number of hydrogen-bond donors (Lipinski definition) is 2. The first-order valence-electron chi connectivity index (χ1n) is 5.94. The molecule has 2 amide bonds. The molecule has 1 heterocycles. The average Bonchev–Trinajstić information content (AvgIpc) is 2.91. The Bertz CT molecular complexity index is 611. The van der Waals surface area contributed by atoms with Crippen LogP contribution >= 0.6 is 11.3 Å². The predicted octanol–water partition coefficient (Wildman–Crippen LogP) is 3.11. The van der Waals surface area contributed by atoms with Crippen LogP contribution in [0, 0.1) is 0 Å². The van der Waals surface area contributed by atoms with E-state index >= 15 is 0 Å². The zero-order valence-electron chi connectivity index (χ0n) is 10.9. The van der Waals surface area contributed by atoms with Crippen LogP contribution in [0.1, 0.15) is 15.2 Å². The summed E-state index contributed by atoms with van der Waals surface area (Å²) in [6.07, 6.45) is 0. The number of carbonyl (C=O) groups is 2. The number of benzene rings is 1.